The number of esters is 1. The lowest BCUT2D eigenvalue weighted by Crippen LogP contribution is -2.13. The zero-order valence-electron chi connectivity index (χ0n) is 16.2. The van der Waals surface area contributed by atoms with Gasteiger partial charge in [-0.15, -0.1) is 11.6 Å². The van der Waals surface area contributed by atoms with Gasteiger partial charge in [0.2, 0.25) is 0 Å². The molecule has 0 spiro atoms. The third-order valence-corrected chi connectivity index (χ3v) is 5.11. The summed E-state index contributed by atoms with van der Waals surface area (Å²) in [5.41, 5.74) is 13.9. The smallest absolute Gasteiger partial charge is 0.306 e. The average Bonchev–Trinajstić information content (AvgIpc) is 2.66. The number of rotatable bonds is 8. The lowest BCUT2D eigenvalue weighted by Gasteiger charge is -2.22. The van der Waals surface area contributed by atoms with Crippen LogP contribution < -0.4 is 5.32 Å². The minimum Gasteiger partial charge on any atom is -0.466 e. The van der Waals surface area contributed by atoms with Crippen LogP contribution >= 0.6 is 11.6 Å². The molecule has 0 aliphatic carbocycles. The maximum atomic E-state index is 12.3. The second-order valence-corrected chi connectivity index (χ2v) is 6.69. The van der Waals surface area contributed by atoms with E-state index in [-0.39, 0.29) is 18.3 Å². The summed E-state index contributed by atoms with van der Waals surface area (Å²) in [6.07, 6.45) is 0.218. The van der Waals surface area contributed by atoms with E-state index in [2.05, 4.69) is 16.5 Å². The van der Waals surface area contributed by atoms with Gasteiger partial charge < -0.3 is 10.1 Å². The van der Waals surface area contributed by atoms with E-state index in [1.165, 1.54) is 0 Å². The summed E-state index contributed by atoms with van der Waals surface area (Å²) < 4.78 is 5.20. The SMILES string of the molecule is CCOC(=O)C[C@@H](c1ccc(C)c(CCl)c1)c1ccc(NC)c(N=N)c1C. The Morgan fingerprint density at radius 2 is 2.04 bits per heavy atom. The molecule has 0 radical (unpaired) electrons. The van der Waals surface area contributed by atoms with Gasteiger partial charge in [-0.05, 0) is 54.7 Å². The van der Waals surface area contributed by atoms with Crippen molar-refractivity contribution >= 4 is 28.9 Å². The highest BCUT2D eigenvalue weighted by atomic mass is 35.5. The molecule has 6 heteroatoms. The van der Waals surface area contributed by atoms with Crippen molar-refractivity contribution in [1.29, 1.82) is 5.53 Å². The number of hydrogen-bond donors (Lipinski definition) is 2. The normalized spacial score (nSPS) is 11.7. The maximum Gasteiger partial charge on any atom is 0.306 e. The molecule has 2 rings (SSSR count). The van der Waals surface area contributed by atoms with Gasteiger partial charge in [0, 0.05) is 18.8 Å². The molecule has 0 bridgehead atoms. The van der Waals surface area contributed by atoms with Crippen LogP contribution in [0.4, 0.5) is 11.4 Å². The molecule has 0 fully saturated rings. The predicted molar refractivity (Wildman–Crippen MR) is 109 cm³/mol. The van der Waals surface area contributed by atoms with Gasteiger partial charge in [0.15, 0.2) is 0 Å². The van der Waals surface area contributed by atoms with Crippen molar-refractivity contribution in [2.24, 2.45) is 5.11 Å². The highest BCUT2D eigenvalue weighted by Crippen LogP contribution is 2.39. The number of carbonyl (C=O) groups is 1. The molecule has 0 aliphatic rings. The largest absolute Gasteiger partial charge is 0.466 e. The zero-order chi connectivity index (χ0) is 20.0. The van der Waals surface area contributed by atoms with Gasteiger partial charge in [0.25, 0.3) is 0 Å². The van der Waals surface area contributed by atoms with Crippen LogP contribution in [-0.4, -0.2) is 19.6 Å². The van der Waals surface area contributed by atoms with Crippen molar-refractivity contribution in [2.75, 3.05) is 19.0 Å². The quantitative estimate of drug-likeness (QED) is 0.340. The fourth-order valence-corrected chi connectivity index (χ4v) is 3.57. The molecule has 0 aromatic heterocycles. The van der Waals surface area contributed by atoms with Crippen LogP contribution in [0.5, 0.6) is 0 Å². The van der Waals surface area contributed by atoms with Crippen LogP contribution in [0.1, 0.15) is 47.1 Å². The molecular weight excluding hydrogens is 362 g/mol. The lowest BCUT2D eigenvalue weighted by molar-refractivity contribution is -0.143. The molecule has 0 aliphatic heterocycles. The van der Waals surface area contributed by atoms with E-state index in [4.69, 9.17) is 21.9 Å². The number of hydrogen-bond acceptors (Lipinski definition) is 5. The number of nitrogens with one attached hydrogen (secondary N) is 2. The topological polar surface area (TPSA) is 74.5 Å². The Hall–Kier alpha value is -2.40. The summed E-state index contributed by atoms with van der Waals surface area (Å²) in [5.74, 6) is -0.0356. The second kappa shape index (κ2) is 9.51. The Labute approximate surface area is 165 Å². The van der Waals surface area contributed by atoms with E-state index >= 15 is 0 Å². The van der Waals surface area contributed by atoms with Gasteiger partial charge in [-0.25, -0.2) is 5.53 Å². The van der Waals surface area contributed by atoms with Crippen molar-refractivity contribution in [1.82, 2.24) is 0 Å². The summed E-state index contributed by atoms with van der Waals surface area (Å²) in [7, 11) is 1.80. The third kappa shape index (κ3) is 4.66. The van der Waals surface area contributed by atoms with E-state index in [0.717, 1.165) is 33.5 Å². The minimum atomic E-state index is -0.253. The molecule has 0 amide bonds. The molecular formula is C21H26ClN3O2. The fourth-order valence-electron chi connectivity index (χ4n) is 3.29. The van der Waals surface area contributed by atoms with Crippen molar-refractivity contribution in [2.45, 2.75) is 39.0 Å². The number of alkyl halides is 1. The Kier molecular flexibility index (Phi) is 7.36. The second-order valence-electron chi connectivity index (χ2n) is 6.42. The first-order valence-corrected chi connectivity index (χ1v) is 9.49. The van der Waals surface area contributed by atoms with Gasteiger partial charge in [-0.3, -0.25) is 4.79 Å². The van der Waals surface area contributed by atoms with Crippen molar-refractivity contribution in [3.05, 3.63) is 58.1 Å². The number of halogens is 1. The summed E-state index contributed by atoms with van der Waals surface area (Å²) >= 11 is 6.09. The zero-order valence-corrected chi connectivity index (χ0v) is 17.0. The number of benzene rings is 2. The van der Waals surface area contributed by atoms with Crippen molar-refractivity contribution in [3.8, 4) is 0 Å². The molecule has 2 aromatic rings. The first-order chi connectivity index (χ1) is 13.0. The van der Waals surface area contributed by atoms with Gasteiger partial charge in [0.1, 0.15) is 5.69 Å². The molecule has 0 saturated heterocycles. The van der Waals surface area contributed by atoms with Crippen LogP contribution in [0.3, 0.4) is 0 Å². The number of anilines is 1. The summed E-state index contributed by atoms with van der Waals surface area (Å²) in [6.45, 7) is 6.09. The van der Waals surface area contributed by atoms with E-state index in [0.29, 0.717) is 18.2 Å². The molecule has 0 heterocycles. The minimum absolute atomic E-state index is 0.196. The van der Waals surface area contributed by atoms with Gasteiger partial charge in [0.05, 0.1) is 18.7 Å². The molecule has 27 heavy (non-hydrogen) atoms. The Morgan fingerprint density at radius 3 is 2.63 bits per heavy atom. The molecule has 5 nitrogen and oxygen atoms in total. The number of carbonyl (C=O) groups excluding carboxylic acids is 1. The Balaban J connectivity index is 2.60. The first-order valence-electron chi connectivity index (χ1n) is 8.96. The van der Waals surface area contributed by atoms with E-state index in [9.17, 15) is 4.79 Å². The molecule has 0 unspecified atom stereocenters. The molecule has 0 saturated carbocycles. The Morgan fingerprint density at radius 1 is 1.30 bits per heavy atom. The summed E-state index contributed by atoms with van der Waals surface area (Å²) in [4.78, 5) is 12.3. The van der Waals surface area contributed by atoms with Gasteiger partial charge in [-0.2, -0.15) is 5.11 Å². The van der Waals surface area contributed by atoms with Crippen molar-refractivity contribution in [3.63, 3.8) is 0 Å². The average molecular weight is 388 g/mol. The van der Waals surface area contributed by atoms with Crippen LogP contribution in [0, 0.1) is 19.4 Å². The maximum absolute atomic E-state index is 12.3. The van der Waals surface area contributed by atoms with E-state index < -0.39 is 0 Å². The van der Waals surface area contributed by atoms with Gasteiger partial charge in [-0.1, -0.05) is 24.3 Å². The number of aryl methyl sites for hydroxylation is 1. The van der Waals surface area contributed by atoms with E-state index in [1.54, 1.807) is 14.0 Å². The molecule has 144 valence electrons. The van der Waals surface area contributed by atoms with E-state index in [1.807, 2.05) is 38.1 Å². The molecule has 2 N–H and O–H groups in total. The molecule has 1 atom stereocenters. The Bertz CT molecular complexity index is 836. The molecule has 2 aromatic carbocycles. The highest BCUT2D eigenvalue weighted by Gasteiger charge is 2.23. The van der Waals surface area contributed by atoms with Crippen LogP contribution in [0.25, 0.3) is 0 Å². The van der Waals surface area contributed by atoms with Crippen LogP contribution in [0.15, 0.2) is 35.4 Å². The van der Waals surface area contributed by atoms with Crippen molar-refractivity contribution < 1.29 is 9.53 Å². The fraction of sp³-hybridized carbons (Fsp3) is 0.381. The predicted octanol–water partition coefficient (Wildman–Crippen LogP) is 5.83. The number of nitrogens with zero attached hydrogens (tertiary/aromatic N) is 1. The monoisotopic (exact) mass is 387 g/mol. The third-order valence-electron chi connectivity index (χ3n) is 4.83. The summed E-state index contributed by atoms with van der Waals surface area (Å²) in [6, 6.07) is 9.98. The van der Waals surface area contributed by atoms with Gasteiger partial charge >= 0.3 is 5.97 Å². The van der Waals surface area contributed by atoms with Crippen LogP contribution in [-0.2, 0) is 15.4 Å². The summed E-state index contributed by atoms with van der Waals surface area (Å²) in [5, 5.41) is 6.75. The lowest BCUT2D eigenvalue weighted by atomic mass is 9.84. The number of ether oxygens (including phenoxy) is 1. The highest BCUT2D eigenvalue weighted by molar-refractivity contribution is 6.17. The van der Waals surface area contributed by atoms with Crippen LogP contribution in [0.2, 0.25) is 0 Å². The first kappa shape index (κ1) is 20.9. The standard InChI is InChI=1S/C21H26ClN3O2/c1-5-27-20(26)11-18(15-7-6-13(2)16(10-15)12-22)17-8-9-19(24-4)21(25-23)14(17)3/h6-10,18,23-24H,5,11-12H2,1-4H3/t18-/m0/s1.